The predicted molar refractivity (Wildman–Crippen MR) is 72.6 cm³/mol. The molecule has 1 N–H and O–H groups in total. The molecule has 1 aliphatic heterocycles. The van der Waals surface area contributed by atoms with Gasteiger partial charge >= 0.3 is 6.03 Å². The van der Waals surface area contributed by atoms with Gasteiger partial charge in [0.2, 0.25) is 0 Å². The van der Waals surface area contributed by atoms with Crippen LogP contribution in [0.2, 0.25) is 0 Å². The Labute approximate surface area is 109 Å². The van der Waals surface area contributed by atoms with E-state index in [4.69, 9.17) is 0 Å². The van der Waals surface area contributed by atoms with Gasteiger partial charge in [0.25, 0.3) is 0 Å². The van der Waals surface area contributed by atoms with E-state index in [0.29, 0.717) is 0 Å². The van der Waals surface area contributed by atoms with E-state index in [0.717, 1.165) is 19.6 Å². The van der Waals surface area contributed by atoms with Crippen molar-refractivity contribution in [2.45, 2.75) is 13.0 Å². The zero-order chi connectivity index (χ0) is 13.1. The second-order valence-corrected chi connectivity index (χ2v) is 4.85. The highest BCUT2D eigenvalue weighted by Crippen LogP contribution is 2.20. The minimum absolute atomic E-state index is 0.129. The number of carbonyl (C=O) groups is 1. The van der Waals surface area contributed by atoms with Crippen LogP contribution in [0.5, 0.6) is 0 Å². The number of aryl methyl sites for hydroxylation is 1. The third-order valence-corrected chi connectivity index (χ3v) is 3.62. The van der Waals surface area contributed by atoms with E-state index >= 15 is 0 Å². The number of nitrogens with zero attached hydrogens (tertiary/aromatic N) is 2. The monoisotopic (exact) mass is 247 g/mol. The third-order valence-electron chi connectivity index (χ3n) is 3.62. The van der Waals surface area contributed by atoms with Crippen LogP contribution in [0.15, 0.2) is 24.3 Å². The van der Waals surface area contributed by atoms with Gasteiger partial charge in [0.1, 0.15) is 0 Å². The molecule has 18 heavy (non-hydrogen) atoms. The van der Waals surface area contributed by atoms with Gasteiger partial charge in [-0.15, -0.1) is 0 Å². The van der Waals surface area contributed by atoms with Gasteiger partial charge in [-0.3, -0.25) is 0 Å². The lowest BCUT2D eigenvalue weighted by atomic mass is 10.0. The predicted octanol–water partition coefficient (Wildman–Crippen LogP) is 1.62. The van der Waals surface area contributed by atoms with Crippen molar-refractivity contribution in [2.75, 3.05) is 33.7 Å². The third kappa shape index (κ3) is 2.48. The van der Waals surface area contributed by atoms with E-state index in [9.17, 15) is 4.79 Å². The number of carbonyl (C=O) groups excluding carboxylic acids is 1. The molecule has 98 valence electrons. The Kier molecular flexibility index (Phi) is 3.87. The molecule has 0 radical (unpaired) electrons. The first-order valence-corrected chi connectivity index (χ1v) is 6.36. The van der Waals surface area contributed by atoms with Crippen molar-refractivity contribution in [1.29, 1.82) is 0 Å². The number of likely N-dealkylation sites (N-methyl/N-ethyl adjacent to an activating group) is 2. The molecule has 1 heterocycles. The van der Waals surface area contributed by atoms with Gasteiger partial charge in [-0.1, -0.05) is 24.3 Å². The van der Waals surface area contributed by atoms with Gasteiger partial charge in [0, 0.05) is 32.7 Å². The van der Waals surface area contributed by atoms with Gasteiger partial charge in [-0.05, 0) is 25.1 Å². The molecule has 1 aromatic carbocycles. The van der Waals surface area contributed by atoms with Crippen LogP contribution in [-0.2, 0) is 0 Å². The number of nitrogens with one attached hydrogen (secondary N) is 1. The lowest BCUT2D eigenvalue weighted by Gasteiger charge is -2.24. The van der Waals surface area contributed by atoms with Crippen molar-refractivity contribution in [3.8, 4) is 0 Å². The van der Waals surface area contributed by atoms with E-state index in [1.54, 1.807) is 4.90 Å². The van der Waals surface area contributed by atoms with Crippen molar-refractivity contribution in [3.05, 3.63) is 35.4 Å². The maximum absolute atomic E-state index is 11.9. The number of hydrogen-bond donors (Lipinski definition) is 1. The maximum atomic E-state index is 11.9. The van der Waals surface area contributed by atoms with E-state index in [2.05, 4.69) is 24.4 Å². The van der Waals surface area contributed by atoms with Crippen molar-refractivity contribution in [1.82, 2.24) is 15.1 Å². The molecule has 2 rings (SSSR count). The molecule has 4 nitrogen and oxygen atoms in total. The SMILES string of the molecule is CNC(CN1CCN(C)C1=O)c1ccccc1C. The smallest absolute Gasteiger partial charge is 0.319 e. The molecule has 2 amide bonds. The molecule has 1 aliphatic rings. The van der Waals surface area contributed by atoms with Crippen LogP contribution in [0.3, 0.4) is 0 Å². The van der Waals surface area contributed by atoms with Crippen molar-refractivity contribution in [3.63, 3.8) is 0 Å². The van der Waals surface area contributed by atoms with E-state index < -0.39 is 0 Å². The average molecular weight is 247 g/mol. The first kappa shape index (κ1) is 12.9. The Hall–Kier alpha value is -1.55. The van der Waals surface area contributed by atoms with Crippen LogP contribution in [0, 0.1) is 6.92 Å². The normalized spacial score (nSPS) is 17.4. The average Bonchev–Trinajstić information content (AvgIpc) is 2.68. The molecule has 0 bridgehead atoms. The minimum Gasteiger partial charge on any atom is -0.326 e. The fraction of sp³-hybridized carbons (Fsp3) is 0.500. The van der Waals surface area contributed by atoms with Gasteiger partial charge in [-0.2, -0.15) is 0 Å². The summed E-state index contributed by atoms with van der Waals surface area (Å²) in [6.45, 7) is 4.48. The van der Waals surface area contributed by atoms with Gasteiger partial charge in [0.05, 0.1) is 0 Å². The zero-order valence-electron chi connectivity index (χ0n) is 11.3. The summed E-state index contributed by atoms with van der Waals surface area (Å²) in [5.41, 5.74) is 2.53. The lowest BCUT2D eigenvalue weighted by Crippen LogP contribution is -2.36. The first-order chi connectivity index (χ1) is 8.63. The van der Waals surface area contributed by atoms with Crippen molar-refractivity contribution < 1.29 is 4.79 Å². The van der Waals surface area contributed by atoms with Crippen LogP contribution < -0.4 is 5.32 Å². The minimum atomic E-state index is 0.129. The fourth-order valence-corrected chi connectivity index (χ4v) is 2.42. The Bertz CT molecular complexity index is 433. The molecule has 0 aliphatic carbocycles. The fourth-order valence-electron chi connectivity index (χ4n) is 2.42. The standard InChI is InChI=1S/C14H21N3O/c1-11-6-4-5-7-12(11)13(15-2)10-17-9-8-16(3)14(17)18/h4-7,13,15H,8-10H2,1-3H3. The highest BCUT2D eigenvalue weighted by molar-refractivity contribution is 5.76. The molecular weight excluding hydrogens is 226 g/mol. The van der Waals surface area contributed by atoms with E-state index in [1.807, 2.05) is 31.1 Å². The topological polar surface area (TPSA) is 35.6 Å². The maximum Gasteiger partial charge on any atom is 0.319 e. The molecular formula is C14H21N3O. The quantitative estimate of drug-likeness (QED) is 0.877. The largest absolute Gasteiger partial charge is 0.326 e. The second-order valence-electron chi connectivity index (χ2n) is 4.85. The summed E-state index contributed by atoms with van der Waals surface area (Å²) in [4.78, 5) is 15.6. The van der Waals surface area contributed by atoms with E-state index in [1.165, 1.54) is 11.1 Å². The zero-order valence-corrected chi connectivity index (χ0v) is 11.3. The summed E-state index contributed by atoms with van der Waals surface area (Å²) in [6.07, 6.45) is 0. The summed E-state index contributed by atoms with van der Waals surface area (Å²) in [6, 6.07) is 8.65. The molecule has 1 atom stereocenters. The number of benzene rings is 1. The summed E-state index contributed by atoms with van der Waals surface area (Å²) in [7, 11) is 3.80. The highest BCUT2D eigenvalue weighted by atomic mass is 16.2. The van der Waals surface area contributed by atoms with Gasteiger partial charge in [-0.25, -0.2) is 4.79 Å². The van der Waals surface area contributed by atoms with E-state index in [-0.39, 0.29) is 12.1 Å². The molecule has 1 fully saturated rings. The Morgan fingerprint density at radius 1 is 1.33 bits per heavy atom. The second kappa shape index (κ2) is 5.40. The number of hydrogen-bond acceptors (Lipinski definition) is 2. The molecule has 0 aromatic heterocycles. The molecule has 0 spiro atoms. The van der Waals surface area contributed by atoms with Crippen LogP contribution in [-0.4, -0.2) is 49.6 Å². The number of rotatable bonds is 4. The summed E-state index contributed by atoms with van der Waals surface area (Å²) >= 11 is 0. The highest BCUT2D eigenvalue weighted by Gasteiger charge is 2.27. The number of amides is 2. The molecule has 0 saturated carbocycles. The molecule has 4 heteroatoms. The van der Waals surface area contributed by atoms with Crippen LogP contribution in [0.1, 0.15) is 17.2 Å². The molecule has 1 saturated heterocycles. The van der Waals surface area contributed by atoms with Crippen LogP contribution in [0.25, 0.3) is 0 Å². The van der Waals surface area contributed by atoms with Crippen LogP contribution in [0.4, 0.5) is 4.79 Å². The molecule has 1 aromatic rings. The van der Waals surface area contributed by atoms with Crippen LogP contribution >= 0.6 is 0 Å². The summed E-state index contributed by atoms with van der Waals surface area (Å²) in [5, 5.41) is 3.31. The Morgan fingerprint density at radius 3 is 2.61 bits per heavy atom. The molecule has 1 unspecified atom stereocenters. The van der Waals surface area contributed by atoms with Gasteiger partial charge in [0.15, 0.2) is 0 Å². The Morgan fingerprint density at radius 2 is 2.06 bits per heavy atom. The summed E-state index contributed by atoms with van der Waals surface area (Å²) < 4.78 is 0. The summed E-state index contributed by atoms with van der Waals surface area (Å²) in [5.74, 6) is 0. The van der Waals surface area contributed by atoms with Crippen molar-refractivity contribution >= 4 is 6.03 Å². The lowest BCUT2D eigenvalue weighted by molar-refractivity contribution is 0.194. The Balaban J connectivity index is 2.11. The first-order valence-electron chi connectivity index (χ1n) is 6.36. The number of urea groups is 1. The van der Waals surface area contributed by atoms with Gasteiger partial charge < -0.3 is 15.1 Å². The van der Waals surface area contributed by atoms with Crippen molar-refractivity contribution in [2.24, 2.45) is 0 Å².